The molecule has 0 unspecified atom stereocenters. The van der Waals surface area contributed by atoms with Crippen molar-refractivity contribution >= 4 is 28.6 Å². The van der Waals surface area contributed by atoms with Gasteiger partial charge in [-0.05, 0) is 40.6 Å². The van der Waals surface area contributed by atoms with Gasteiger partial charge in [-0.2, -0.15) is 0 Å². The van der Waals surface area contributed by atoms with Crippen molar-refractivity contribution in [1.82, 2.24) is 0 Å². The second-order valence-electron chi connectivity index (χ2n) is 5.49. The maximum atomic E-state index is 12.3. The van der Waals surface area contributed by atoms with Gasteiger partial charge in [0.1, 0.15) is 12.4 Å². The summed E-state index contributed by atoms with van der Waals surface area (Å²) in [6.45, 7) is -0.490. The van der Waals surface area contributed by atoms with E-state index in [1.165, 1.54) is 6.08 Å². The SMILES string of the molecule is O=C([O-])COc1ccc(/C=C/C(=O)c2ccc3ccccc3c2)cc1. The number of fused-ring (bicyclic) bond motifs is 1. The molecule has 0 bridgehead atoms. The molecule has 4 heteroatoms. The van der Waals surface area contributed by atoms with Gasteiger partial charge < -0.3 is 14.6 Å². The van der Waals surface area contributed by atoms with Crippen molar-refractivity contribution in [2.45, 2.75) is 0 Å². The van der Waals surface area contributed by atoms with Gasteiger partial charge >= 0.3 is 0 Å². The van der Waals surface area contributed by atoms with E-state index in [1.54, 1.807) is 30.3 Å². The van der Waals surface area contributed by atoms with Crippen LogP contribution in [0.25, 0.3) is 16.8 Å². The van der Waals surface area contributed by atoms with E-state index < -0.39 is 12.6 Å². The van der Waals surface area contributed by atoms with Crippen LogP contribution >= 0.6 is 0 Å². The molecule has 0 aliphatic rings. The van der Waals surface area contributed by atoms with Crippen molar-refractivity contribution in [1.29, 1.82) is 0 Å². The normalized spacial score (nSPS) is 10.9. The molecule has 25 heavy (non-hydrogen) atoms. The Labute approximate surface area is 145 Å². The first-order valence-corrected chi connectivity index (χ1v) is 7.76. The Morgan fingerprint density at radius 2 is 1.64 bits per heavy atom. The van der Waals surface area contributed by atoms with Crippen molar-refractivity contribution in [3.63, 3.8) is 0 Å². The molecule has 0 amide bonds. The third-order valence-electron chi connectivity index (χ3n) is 3.70. The number of carboxylic acids is 1. The predicted molar refractivity (Wildman–Crippen MR) is 94.3 cm³/mol. The van der Waals surface area contributed by atoms with Gasteiger partial charge in [-0.3, -0.25) is 4.79 Å². The summed E-state index contributed by atoms with van der Waals surface area (Å²) in [5.41, 5.74) is 1.44. The van der Waals surface area contributed by atoms with Crippen molar-refractivity contribution in [3.05, 3.63) is 83.9 Å². The number of aliphatic carboxylic acids is 1. The molecule has 124 valence electrons. The molecule has 0 heterocycles. The maximum absolute atomic E-state index is 12.3. The first-order chi connectivity index (χ1) is 12.1. The summed E-state index contributed by atoms with van der Waals surface area (Å²) in [5, 5.41) is 12.5. The quantitative estimate of drug-likeness (QED) is 0.514. The van der Waals surface area contributed by atoms with Gasteiger partial charge in [0.05, 0.1) is 5.97 Å². The molecular formula is C21H15O4-. The van der Waals surface area contributed by atoms with Crippen molar-refractivity contribution in [3.8, 4) is 5.75 Å². The van der Waals surface area contributed by atoms with Crippen molar-refractivity contribution < 1.29 is 19.4 Å². The number of carbonyl (C=O) groups is 2. The van der Waals surface area contributed by atoms with Crippen LogP contribution in [-0.2, 0) is 4.79 Å². The van der Waals surface area contributed by atoms with E-state index in [2.05, 4.69) is 0 Å². The highest BCUT2D eigenvalue weighted by molar-refractivity contribution is 6.08. The van der Waals surface area contributed by atoms with Gasteiger partial charge in [0.2, 0.25) is 0 Å². The largest absolute Gasteiger partial charge is 0.546 e. The smallest absolute Gasteiger partial charge is 0.185 e. The molecule has 0 spiro atoms. The van der Waals surface area contributed by atoms with Crippen LogP contribution in [0.15, 0.2) is 72.8 Å². The van der Waals surface area contributed by atoms with E-state index in [4.69, 9.17) is 4.74 Å². The van der Waals surface area contributed by atoms with Crippen molar-refractivity contribution in [2.24, 2.45) is 0 Å². The second kappa shape index (κ2) is 7.45. The second-order valence-corrected chi connectivity index (χ2v) is 5.49. The fourth-order valence-electron chi connectivity index (χ4n) is 2.43. The molecule has 3 aromatic carbocycles. The van der Waals surface area contributed by atoms with Gasteiger partial charge in [-0.15, -0.1) is 0 Å². The summed E-state index contributed by atoms with van der Waals surface area (Å²) in [6.07, 6.45) is 3.22. The van der Waals surface area contributed by atoms with E-state index in [-0.39, 0.29) is 5.78 Å². The fourth-order valence-corrected chi connectivity index (χ4v) is 2.43. The lowest BCUT2D eigenvalue weighted by Gasteiger charge is -2.06. The molecule has 0 saturated carbocycles. The molecule has 0 atom stereocenters. The molecule has 3 rings (SSSR count). The number of hydrogen-bond acceptors (Lipinski definition) is 4. The number of carbonyl (C=O) groups excluding carboxylic acids is 2. The molecule has 0 aliphatic heterocycles. The first-order valence-electron chi connectivity index (χ1n) is 7.76. The topological polar surface area (TPSA) is 66.4 Å². The van der Waals surface area contributed by atoms with E-state index in [1.807, 2.05) is 42.5 Å². The van der Waals surface area contributed by atoms with Crippen LogP contribution < -0.4 is 9.84 Å². The summed E-state index contributed by atoms with van der Waals surface area (Å²) in [6, 6.07) is 20.3. The Hall–Kier alpha value is -3.40. The van der Waals surface area contributed by atoms with Crippen LogP contribution in [0.2, 0.25) is 0 Å². The number of ether oxygens (including phenoxy) is 1. The number of hydrogen-bond donors (Lipinski definition) is 0. The molecule has 0 radical (unpaired) electrons. The monoisotopic (exact) mass is 331 g/mol. The zero-order valence-corrected chi connectivity index (χ0v) is 13.3. The molecule has 0 fully saturated rings. The Morgan fingerprint density at radius 1 is 0.920 bits per heavy atom. The Morgan fingerprint density at radius 3 is 2.36 bits per heavy atom. The highest BCUT2D eigenvalue weighted by atomic mass is 16.5. The Bertz CT molecular complexity index is 940. The molecule has 0 aromatic heterocycles. The highest BCUT2D eigenvalue weighted by Crippen LogP contribution is 2.17. The van der Waals surface area contributed by atoms with Crippen LogP contribution in [0.1, 0.15) is 15.9 Å². The molecule has 0 aliphatic carbocycles. The van der Waals surface area contributed by atoms with Crippen LogP contribution in [0.3, 0.4) is 0 Å². The van der Waals surface area contributed by atoms with Gasteiger partial charge in [0.15, 0.2) is 5.78 Å². The molecule has 3 aromatic rings. The summed E-state index contributed by atoms with van der Waals surface area (Å²) in [7, 11) is 0. The number of allylic oxidation sites excluding steroid dienone is 1. The minimum Gasteiger partial charge on any atom is -0.546 e. The van der Waals surface area contributed by atoms with Gasteiger partial charge in [0.25, 0.3) is 0 Å². The standard InChI is InChI=1S/C21H16O4/c22-20(18-9-8-16-3-1-2-4-17(16)13-18)12-7-15-5-10-19(11-6-15)25-14-21(23)24/h1-13H,14H2,(H,23,24)/p-1/b12-7+. The molecular weight excluding hydrogens is 316 g/mol. The number of ketones is 1. The number of benzene rings is 3. The van der Waals surface area contributed by atoms with Crippen LogP contribution in [-0.4, -0.2) is 18.4 Å². The summed E-state index contributed by atoms with van der Waals surface area (Å²) in [4.78, 5) is 22.7. The summed E-state index contributed by atoms with van der Waals surface area (Å²) >= 11 is 0. The zero-order chi connectivity index (χ0) is 17.6. The minimum atomic E-state index is -1.27. The predicted octanol–water partition coefficient (Wildman–Crippen LogP) is 2.86. The lowest BCUT2D eigenvalue weighted by atomic mass is 10.0. The van der Waals surface area contributed by atoms with E-state index >= 15 is 0 Å². The van der Waals surface area contributed by atoms with Crippen LogP contribution in [0.4, 0.5) is 0 Å². The van der Waals surface area contributed by atoms with Gasteiger partial charge in [-0.25, -0.2) is 0 Å². The Kier molecular flexibility index (Phi) is 4.90. The summed E-state index contributed by atoms with van der Waals surface area (Å²) in [5.74, 6) is -0.921. The van der Waals surface area contributed by atoms with Gasteiger partial charge in [-0.1, -0.05) is 54.6 Å². The highest BCUT2D eigenvalue weighted by Gasteiger charge is 2.03. The molecule has 4 nitrogen and oxygen atoms in total. The maximum Gasteiger partial charge on any atom is 0.185 e. The van der Waals surface area contributed by atoms with E-state index in [0.29, 0.717) is 11.3 Å². The molecule has 0 N–H and O–H groups in total. The minimum absolute atomic E-state index is 0.0805. The third kappa shape index (κ3) is 4.32. The van der Waals surface area contributed by atoms with E-state index in [9.17, 15) is 14.7 Å². The zero-order valence-electron chi connectivity index (χ0n) is 13.3. The van der Waals surface area contributed by atoms with E-state index in [0.717, 1.165) is 16.3 Å². The number of rotatable bonds is 6. The number of carboxylic acid groups (broad SMARTS) is 1. The fraction of sp³-hybridized carbons (Fsp3) is 0.0476. The van der Waals surface area contributed by atoms with Crippen LogP contribution in [0.5, 0.6) is 5.75 Å². The lowest BCUT2D eigenvalue weighted by Crippen LogP contribution is -2.28. The third-order valence-corrected chi connectivity index (χ3v) is 3.70. The lowest BCUT2D eigenvalue weighted by molar-refractivity contribution is -0.307. The van der Waals surface area contributed by atoms with Crippen molar-refractivity contribution in [2.75, 3.05) is 6.61 Å². The van der Waals surface area contributed by atoms with Crippen LogP contribution in [0, 0.1) is 0 Å². The average Bonchev–Trinajstić information content (AvgIpc) is 2.64. The molecule has 0 saturated heterocycles. The summed E-state index contributed by atoms with van der Waals surface area (Å²) < 4.78 is 5.01. The average molecular weight is 331 g/mol. The first kappa shape index (κ1) is 16.5. The Balaban J connectivity index is 1.69. The van der Waals surface area contributed by atoms with Gasteiger partial charge in [0, 0.05) is 5.56 Å².